The topological polar surface area (TPSA) is 422 Å². The number of aromatic amines is 4. The summed E-state index contributed by atoms with van der Waals surface area (Å²) in [6.45, 7) is 13.7. The van der Waals surface area contributed by atoms with Crippen LogP contribution < -0.4 is 67.1 Å². The molecule has 0 bridgehead atoms. The van der Waals surface area contributed by atoms with Gasteiger partial charge in [0.25, 0.3) is 17.7 Å². The maximum absolute atomic E-state index is 13.0. The van der Waals surface area contributed by atoms with Crippen LogP contribution in [0.4, 0.5) is 5.69 Å². The van der Waals surface area contributed by atoms with E-state index in [1.807, 2.05) is 39.8 Å². The number of fused-ring (bicyclic) bond motifs is 4. The first-order valence-corrected chi connectivity index (χ1v) is 39.0. The Bertz CT molecular complexity index is 5770. The Hall–Kier alpha value is -11.3. The zero-order valence-electron chi connectivity index (χ0n) is 62.6. The second-order valence-corrected chi connectivity index (χ2v) is 27.4. The molecular weight excluding hydrogens is 1750 g/mol. The third kappa shape index (κ3) is 24.9. The molecule has 12 aromatic rings. The Labute approximate surface area is 697 Å². The quantitative estimate of drug-likeness (QED) is 0.0153. The van der Waals surface area contributed by atoms with Crippen LogP contribution in [0.3, 0.4) is 0 Å². The Morgan fingerprint density at radius 1 is 0.443 bits per heavy atom. The molecule has 0 aliphatic carbocycles. The summed E-state index contributed by atoms with van der Waals surface area (Å²) in [7, 11) is 0. The van der Waals surface area contributed by atoms with Crippen LogP contribution in [0, 0.1) is 11.8 Å². The number of H-pyrrole nitrogens is 4. The molecule has 29 nitrogen and oxygen atoms in total. The summed E-state index contributed by atoms with van der Waals surface area (Å²) in [5.74, 6) is 4.66. The van der Waals surface area contributed by atoms with E-state index in [-0.39, 0.29) is 78.7 Å². The third-order valence-electron chi connectivity index (χ3n) is 15.8. The molecule has 0 saturated carbocycles. The number of esters is 1. The molecule has 12 rings (SSSR count). The first kappa shape index (κ1) is 89.3. The Morgan fingerprint density at radius 2 is 0.791 bits per heavy atom. The molecule has 0 atom stereocenters. The van der Waals surface area contributed by atoms with Gasteiger partial charge in [-0.2, -0.15) is 0 Å². The number of rotatable bonds is 24. The minimum atomic E-state index is -0.651. The van der Waals surface area contributed by atoms with Crippen LogP contribution in [0.25, 0.3) is 43.6 Å². The highest BCUT2D eigenvalue weighted by Crippen LogP contribution is 2.28. The Balaban J connectivity index is 0.000000185. The predicted molar refractivity (Wildman–Crippen MR) is 450 cm³/mol. The fourth-order valence-electron chi connectivity index (χ4n) is 10.5. The highest BCUT2D eigenvalue weighted by Gasteiger charge is 2.22. The van der Waals surface area contributed by atoms with Crippen molar-refractivity contribution in [3.63, 3.8) is 0 Å². The van der Waals surface area contributed by atoms with Gasteiger partial charge in [-0.1, -0.05) is 77.1 Å². The van der Waals surface area contributed by atoms with Gasteiger partial charge in [-0.15, -0.1) is 0 Å². The molecule has 3 aromatic carbocycles. The number of nitrogen functional groups attached to an aromatic ring is 1. The number of aromatic nitrogens is 9. The number of nitrogens with zero attached hydrogens (tertiary/aromatic N) is 5. The van der Waals surface area contributed by atoms with E-state index in [0.717, 1.165) is 21.3 Å². The number of aliphatic hydroxyl groups is 2. The molecule has 9 heterocycles. The van der Waals surface area contributed by atoms with Crippen LogP contribution in [0.2, 0.25) is 15.1 Å². The molecule has 0 aliphatic heterocycles. The number of amides is 3. The summed E-state index contributed by atoms with van der Waals surface area (Å²) in [6, 6.07) is 31.0. The van der Waals surface area contributed by atoms with Crippen LogP contribution in [0.1, 0.15) is 117 Å². The van der Waals surface area contributed by atoms with E-state index < -0.39 is 45.4 Å². The number of nitrogens with two attached hydrogens (primary N) is 1. The minimum absolute atomic E-state index is 0.00761. The normalized spacial score (nSPS) is 10.5. The molecule has 11 N–H and O–H groups in total. The predicted octanol–water partition coefficient (Wildman–Crippen LogP) is 12.8. The third-order valence-corrected chi connectivity index (χ3v) is 17.8. The summed E-state index contributed by atoms with van der Waals surface area (Å²) in [4.78, 5) is 133. The zero-order chi connectivity index (χ0) is 83.3. The van der Waals surface area contributed by atoms with Crippen molar-refractivity contribution in [2.75, 3.05) is 58.6 Å². The van der Waals surface area contributed by atoms with Gasteiger partial charge in [0.15, 0.2) is 0 Å². The standard InChI is InChI=1S/C21H22ClN3O4.C21H18ClN3O4.C18H15BrClN3O3.C13H13BrN2O4.C7H9BrN2O/c2*1-2-29-21-18-16(10-15(25-21)4-3-9-26)19(27)17(12-23-18)20(28)24-11-13-5-7-14(22)8-6-13;1-2-26-18-15-12(7-14(19)23-18)16(24)13(9-21-15)17(25)22-8-10-3-5-11(20)6-4-10;1-3-19-12-10-7(5-9(14)16-12)11(17)8(6-15-10)13(18)20-4-2;1-2-11-7-5(9)3-4-6(8)10-7/h5-8,10,12,26H,2-4,9,11H2,1H3,(H,23,27)(H,24,28);5-8,10,12,26H,2,9,11H2,1H3,(H,23,27)(H,24,28);3-7,9H,2,8H2,1H3,(H,21,24)(H,22,25);5-6H,3-4H2,1-2H3,(H,15,17);3-4H,2,9H2,1H3. The van der Waals surface area contributed by atoms with Crippen molar-refractivity contribution in [3.05, 3.63) is 254 Å². The van der Waals surface area contributed by atoms with Crippen LogP contribution in [0.5, 0.6) is 29.4 Å². The average Bonchev–Trinajstić information content (AvgIpc) is 0.799. The number of ether oxygens (including phenoxy) is 6. The van der Waals surface area contributed by atoms with Crippen molar-refractivity contribution in [2.24, 2.45) is 0 Å². The molecule has 3 amide bonds. The maximum atomic E-state index is 13.0. The molecule has 0 saturated heterocycles. The number of anilines is 1. The Morgan fingerprint density at radius 3 is 1.17 bits per heavy atom. The largest absolute Gasteiger partial charge is 0.476 e. The molecule has 9 aromatic heterocycles. The van der Waals surface area contributed by atoms with Gasteiger partial charge in [0, 0.05) is 71.8 Å². The smallest absolute Gasteiger partial charge is 0.343 e. The molecule has 0 fully saturated rings. The number of carbonyl (C=O) groups is 4. The van der Waals surface area contributed by atoms with E-state index in [1.54, 1.807) is 105 Å². The van der Waals surface area contributed by atoms with Gasteiger partial charge in [0.1, 0.15) is 70.4 Å². The van der Waals surface area contributed by atoms with Crippen molar-refractivity contribution >= 4 is 156 Å². The maximum Gasteiger partial charge on any atom is 0.343 e. The van der Waals surface area contributed by atoms with Crippen molar-refractivity contribution in [2.45, 2.75) is 74.0 Å². The summed E-state index contributed by atoms with van der Waals surface area (Å²) in [5.41, 5.74) is 9.61. The number of hydrogen-bond donors (Lipinski definition) is 10. The lowest BCUT2D eigenvalue weighted by atomic mass is 10.1. The number of aliphatic hydroxyl groups excluding tert-OH is 2. The molecule has 0 unspecified atom stereocenters. The van der Waals surface area contributed by atoms with Crippen molar-refractivity contribution in [1.82, 2.24) is 60.8 Å². The van der Waals surface area contributed by atoms with Crippen LogP contribution in [0.15, 0.2) is 167 Å². The van der Waals surface area contributed by atoms with Gasteiger partial charge >= 0.3 is 5.97 Å². The SMILES string of the molecule is CCOC(=O)c1c[nH]c2c(OCC)nc(Br)cc2c1=O.CCOc1nc(Br)cc2c(=O)c(C(=O)NCc3ccc(Cl)cc3)c[nH]c12.CCOc1nc(Br)ccc1N.CCOc1nc(C#CCO)cc2c(=O)c(C(=O)NCc3ccc(Cl)cc3)c[nH]c12.CCOc1nc(CCCO)cc2c(=O)c(C(=O)NCc3ccc(Cl)cc3)c[nH]c12. The monoisotopic (exact) mass is 1820 g/mol. The molecule has 600 valence electrons. The first-order valence-electron chi connectivity index (χ1n) is 35.4. The molecule has 35 heteroatoms. The zero-order valence-corrected chi connectivity index (χ0v) is 69.6. The second kappa shape index (κ2) is 44.4. The summed E-state index contributed by atoms with van der Waals surface area (Å²) in [6.07, 6.45) is 6.42. The number of carbonyl (C=O) groups excluding carboxylic acids is 4. The number of benzene rings is 3. The average molecular weight is 1820 g/mol. The molecule has 0 radical (unpaired) electrons. The van der Waals surface area contributed by atoms with Crippen LogP contribution in [-0.4, -0.2) is 132 Å². The number of hydrogen-bond acceptors (Lipinski definition) is 22. The van der Waals surface area contributed by atoms with Crippen molar-refractivity contribution in [1.29, 1.82) is 0 Å². The number of halogens is 6. The van der Waals surface area contributed by atoms with Gasteiger partial charge in [-0.25, -0.2) is 29.7 Å². The Kier molecular flexibility index (Phi) is 34.5. The van der Waals surface area contributed by atoms with Crippen LogP contribution >= 0.6 is 82.6 Å². The van der Waals surface area contributed by atoms with E-state index in [4.69, 9.17) is 79.2 Å². The summed E-state index contributed by atoms with van der Waals surface area (Å²) in [5, 5.41) is 29.2. The van der Waals surface area contributed by atoms with E-state index in [2.05, 4.69) is 120 Å². The number of nitrogens with one attached hydrogen (secondary N) is 7. The lowest BCUT2D eigenvalue weighted by Gasteiger charge is -2.11. The lowest BCUT2D eigenvalue weighted by molar-refractivity contribution is 0.0524. The number of aryl methyl sites for hydroxylation is 1. The van der Waals surface area contributed by atoms with E-state index >= 15 is 0 Å². The van der Waals surface area contributed by atoms with E-state index in [1.165, 1.54) is 30.9 Å². The second-order valence-electron chi connectivity index (χ2n) is 23.7. The van der Waals surface area contributed by atoms with Gasteiger partial charge < -0.3 is 80.3 Å². The van der Waals surface area contributed by atoms with E-state index in [0.29, 0.717) is 143 Å². The number of pyridine rings is 9. The van der Waals surface area contributed by atoms with Gasteiger partial charge in [0.2, 0.25) is 51.1 Å². The van der Waals surface area contributed by atoms with Gasteiger partial charge in [-0.3, -0.25) is 33.6 Å². The lowest BCUT2D eigenvalue weighted by Crippen LogP contribution is -2.28. The fraction of sp³-hybridized carbons (Fsp3) is 0.237. The van der Waals surface area contributed by atoms with Crippen molar-refractivity contribution in [3.8, 4) is 41.2 Å². The highest BCUT2D eigenvalue weighted by atomic mass is 79.9. The molecule has 115 heavy (non-hydrogen) atoms. The highest BCUT2D eigenvalue weighted by molar-refractivity contribution is 9.11. The summed E-state index contributed by atoms with van der Waals surface area (Å²) < 4.78 is 33.5. The minimum Gasteiger partial charge on any atom is -0.476 e. The fourth-order valence-corrected chi connectivity index (χ4v) is 12.0. The van der Waals surface area contributed by atoms with Gasteiger partial charge in [-0.05, 0) is 198 Å². The molecule has 0 aliphatic rings. The summed E-state index contributed by atoms with van der Waals surface area (Å²) >= 11 is 27.3. The van der Waals surface area contributed by atoms with Crippen molar-refractivity contribution < 1.29 is 57.8 Å². The molecular formula is C80H77Br3Cl3N13O16. The molecule has 0 spiro atoms. The first-order chi connectivity index (χ1) is 55.4. The van der Waals surface area contributed by atoms with E-state index in [9.17, 15) is 38.4 Å². The van der Waals surface area contributed by atoms with Gasteiger partial charge in [0.05, 0.1) is 66.9 Å². The van der Waals surface area contributed by atoms with Crippen LogP contribution in [-0.2, 0) is 30.8 Å².